The van der Waals surface area contributed by atoms with Crippen molar-refractivity contribution >= 4 is 11.9 Å². The molecule has 0 bridgehead atoms. The first-order valence-electron chi connectivity index (χ1n) is 8.84. The molecule has 0 saturated carbocycles. The summed E-state index contributed by atoms with van der Waals surface area (Å²) in [6, 6.07) is 4.71. The normalized spacial score (nSPS) is 13.2. The summed E-state index contributed by atoms with van der Waals surface area (Å²) in [5, 5.41) is 0. The highest BCUT2D eigenvalue weighted by atomic mass is 16.5. The van der Waals surface area contributed by atoms with Crippen molar-refractivity contribution in [2.75, 3.05) is 6.61 Å². The van der Waals surface area contributed by atoms with Crippen molar-refractivity contribution in [3.05, 3.63) is 29.6 Å². The Kier molecular flexibility index (Phi) is 9.05. The van der Waals surface area contributed by atoms with Crippen molar-refractivity contribution in [2.45, 2.75) is 65.9 Å². The van der Waals surface area contributed by atoms with Gasteiger partial charge in [0.2, 0.25) is 0 Å². The van der Waals surface area contributed by atoms with Gasteiger partial charge in [-0.25, -0.2) is 14.6 Å². The minimum atomic E-state index is -0.514. The Morgan fingerprint density at radius 3 is 2.33 bits per heavy atom. The lowest BCUT2D eigenvalue weighted by Crippen LogP contribution is -2.22. The summed E-state index contributed by atoms with van der Waals surface area (Å²) in [5.74, 6) is -0.748. The smallest absolute Gasteiger partial charge is 0.357 e. The summed E-state index contributed by atoms with van der Waals surface area (Å²) in [4.78, 5) is 28.2. The number of unbranched alkanes of at least 4 members (excludes halogenated alkanes) is 3. The lowest BCUT2D eigenvalue weighted by molar-refractivity contribution is 0.0206. The molecule has 0 aromatic carbocycles. The molecule has 5 heteroatoms. The zero-order chi connectivity index (χ0) is 17.9. The average molecular weight is 335 g/mol. The summed E-state index contributed by atoms with van der Waals surface area (Å²) in [5.41, 5.74) is 0.265. The number of esters is 2. The second kappa shape index (κ2) is 10.8. The van der Waals surface area contributed by atoms with E-state index in [1.165, 1.54) is 0 Å². The first-order valence-corrected chi connectivity index (χ1v) is 8.84. The fraction of sp³-hybridized carbons (Fsp3) is 0.632. The van der Waals surface area contributed by atoms with E-state index in [2.05, 4.69) is 11.9 Å². The molecule has 1 aromatic rings. The highest BCUT2D eigenvalue weighted by Gasteiger charge is 2.19. The zero-order valence-corrected chi connectivity index (χ0v) is 15.2. The monoisotopic (exact) mass is 335 g/mol. The van der Waals surface area contributed by atoms with E-state index in [4.69, 9.17) is 9.47 Å². The third kappa shape index (κ3) is 6.69. The molecule has 134 valence electrons. The van der Waals surface area contributed by atoms with Crippen LogP contribution in [0.15, 0.2) is 18.2 Å². The van der Waals surface area contributed by atoms with E-state index in [-0.39, 0.29) is 23.4 Å². The van der Waals surface area contributed by atoms with Gasteiger partial charge in [0.15, 0.2) is 0 Å². The van der Waals surface area contributed by atoms with Crippen LogP contribution in [-0.4, -0.2) is 29.6 Å². The number of hydrogen-bond acceptors (Lipinski definition) is 5. The Labute approximate surface area is 144 Å². The molecule has 2 atom stereocenters. The van der Waals surface area contributed by atoms with Crippen LogP contribution in [-0.2, 0) is 9.47 Å². The van der Waals surface area contributed by atoms with Crippen molar-refractivity contribution in [3.63, 3.8) is 0 Å². The van der Waals surface area contributed by atoms with E-state index < -0.39 is 11.9 Å². The van der Waals surface area contributed by atoms with Gasteiger partial charge < -0.3 is 9.47 Å². The Hall–Kier alpha value is -1.91. The van der Waals surface area contributed by atoms with Gasteiger partial charge in [0.25, 0.3) is 0 Å². The number of carbonyl (C=O) groups is 2. The largest absolute Gasteiger partial charge is 0.461 e. The van der Waals surface area contributed by atoms with Crippen LogP contribution in [0, 0.1) is 5.92 Å². The minimum absolute atomic E-state index is 0.130. The van der Waals surface area contributed by atoms with Gasteiger partial charge in [-0.15, -0.1) is 0 Å². The van der Waals surface area contributed by atoms with E-state index in [1.807, 2.05) is 20.8 Å². The van der Waals surface area contributed by atoms with Crippen LogP contribution in [0.4, 0.5) is 0 Å². The van der Waals surface area contributed by atoms with E-state index in [1.54, 1.807) is 18.2 Å². The molecule has 0 aliphatic heterocycles. The molecule has 1 heterocycles. The number of ether oxygens (including phenoxy) is 2. The van der Waals surface area contributed by atoms with Gasteiger partial charge in [-0.2, -0.15) is 0 Å². The van der Waals surface area contributed by atoms with Gasteiger partial charge in [0.1, 0.15) is 17.5 Å². The number of carbonyl (C=O) groups excluding carboxylic acids is 2. The van der Waals surface area contributed by atoms with Crippen LogP contribution in [0.5, 0.6) is 0 Å². The lowest BCUT2D eigenvalue weighted by atomic mass is 10.0. The number of pyridine rings is 1. The van der Waals surface area contributed by atoms with Gasteiger partial charge in [0, 0.05) is 0 Å². The first-order chi connectivity index (χ1) is 11.5. The van der Waals surface area contributed by atoms with Crippen molar-refractivity contribution in [1.82, 2.24) is 4.98 Å². The van der Waals surface area contributed by atoms with Gasteiger partial charge in [0.05, 0.1) is 6.61 Å². The van der Waals surface area contributed by atoms with E-state index in [0.29, 0.717) is 6.61 Å². The minimum Gasteiger partial charge on any atom is -0.461 e. The Bertz CT molecular complexity index is 530. The maximum absolute atomic E-state index is 12.1. The highest BCUT2D eigenvalue weighted by Crippen LogP contribution is 2.13. The van der Waals surface area contributed by atoms with Gasteiger partial charge in [-0.3, -0.25) is 0 Å². The van der Waals surface area contributed by atoms with E-state index in [0.717, 1.165) is 32.1 Å². The topological polar surface area (TPSA) is 65.5 Å². The molecule has 5 nitrogen and oxygen atoms in total. The average Bonchev–Trinajstić information content (AvgIpc) is 2.60. The molecule has 24 heavy (non-hydrogen) atoms. The van der Waals surface area contributed by atoms with Crippen LogP contribution in [0.2, 0.25) is 0 Å². The standard InChI is InChI=1S/C19H29NO4/c1-5-7-8-9-13-23-18(21)16-11-10-12-17(20-16)19(22)24-15(4)14(3)6-2/h10-12,14-15H,5-9,13H2,1-4H3. The molecular weight excluding hydrogens is 306 g/mol. The number of aromatic nitrogens is 1. The third-order valence-corrected chi connectivity index (χ3v) is 4.14. The zero-order valence-electron chi connectivity index (χ0n) is 15.2. The van der Waals surface area contributed by atoms with Crippen molar-refractivity contribution in [2.24, 2.45) is 5.92 Å². The highest BCUT2D eigenvalue weighted by molar-refractivity contribution is 5.91. The van der Waals surface area contributed by atoms with Crippen LogP contribution in [0.25, 0.3) is 0 Å². The lowest BCUT2D eigenvalue weighted by Gasteiger charge is -2.18. The molecule has 0 aliphatic rings. The maximum atomic E-state index is 12.1. The molecule has 2 unspecified atom stereocenters. The second-order valence-electron chi connectivity index (χ2n) is 6.10. The molecule has 1 aromatic heterocycles. The van der Waals surface area contributed by atoms with Crippen LogP contribution < -0.4 is 0 Å². The summed E-state index contributed by atoms with van der Waals surface area (Å²) in [6.07, 6.45) is 4.87. The summed E-state index contributed by atoms with van der Waals surface area (Å²) >= 11 is 0. The summed E-state index contributed by atoms with van der Waals surface area (Å²) < 4.78 is 10.6. The molecule has 0 aliphatic carbocycles. The first kappa shape index (κ1) is 20.1. The van der Waals surface area contributed by atoms with E-state index in [9.17, 15) is 9.59 Å². The SMILES string of the molecule is CCCCCCOC(=O)c1cccc(C(=O)OC(C)C(C)CC)n1. The Morgan fingerprint density at radius 2 is 1.71 bits per heavy atom. The molecule has 1 rings (SSSR count). The Balaban J connectivity index is 2.59. The molecule has 0 radical (unpaired) electrons. The molecule has 0 N–H and O–H groups in total. The van der Waals surface area contributed by atoms with Crippen molar-refractivity contribution in [3.8, 4) is 0 Å². The third-order valence-electron chi connectivity index (χ3n) is 4.14. The fourth-order valence-corrected chi connectivity index (χ4v) is 2.11. The fourth-order valence-electron chi connectivity index (χ4n) is 2.11. The second-order valence-corrected chi connectivity index (χ2v) is 6.10. The molecule has 0 amide bonds. The molecule has 0 fully saturated rings. The maximum Gasteiger partial charge on any atom is 0.357 e. The van der Waals surface area contributed by atoms with Crippen LogP contribution >= 0.6 is 0 Å². The molecule has 0 saturated heterocycles. The van der Waals surface area contributed by atoms with Crippen molar-refractivity contribution in [1.29, 1.82) is 0 Å². The number of hydrogen-bond donors (Lipinski definition) is 0. The van der Waals surface area contributed by atoms with Gasteiger partial charge in [-0.1, -0.05) is 52.5 Å². The van der Waals surface area contributed by atoms with Crippen LogP contribution in [0.3, 0.4) is 0 Å². The number of nitrogens with zero attached hydrogens (tertiary/aromatic N) is 1. The van der Waals surface area contributed by atoms with E-state index >= 15 is 0 Å². The van der Waals surface area contributed by atoms with Gasteiger partial charge >= 0.3 is 11.9 Å². The molecule has 0 spiro atoms. The predicted molar refractivity (Wildman–Crippen MR) is 93.0 cm³/mol. The van der Waals surface area contributed by atoms with Gasteiger partial charge in [-0.05, 0) is 31.4 Å². The summed E-state index contributed by atoms with van der Waals surface area (Å²) in [6.45, 7) is 8.44. The van der Waals surface area contributed by atoms with Crippen molar-refractivity contribution < 1.29 is 19.1 Å². The predicted octanol–water partition coefficient (Wildman–Crippen LogP) is 4.41. The quantitative estimate of drug-likeness (QED) is 0.468. The number of rotatable bonds is 10. The summed E-state index contributed by atoms with van der Waals surface area (Å²) in [7, 11) is 0. The Morgan fingerprint density at radius 1 is 1.04 bits per heavy atom. The van der Waals surface area contributed by atoms with Crippen LogP contribution in [0.1, 0.15) is 80.8 Å². The molecular formula is C19H29NO4.